The van der Waals surface area contributed by atoms with E-state index in [1.807, 2.05) is 12.1 Å². The molecule has 0 unspecified atom stereocenters. The van der Waals surface area contributed by atoms with Crippen LogP contribution in [0.5, 0.6) is 0 Å². The van der Waals surface area contributed by atoms with Gasteiger partial charge in [0, 0.05) is 11.2 Å². The third-order valence-electron chi connectivity index (χ3n) is 3.01. The van der Waals surface area contributed by atoms with Crippen molar-refractivity contribution in [3.63, 3.8) is 0 Å². The van der Waals surface area contributed by atoms with Crippen LogP contribution in [0.15, 0.2) is 18.2 Å². The Morgan fingerprint density at radius 3 is 2.75 bits per heavy atom. The lowest BCUT2D eigenvalue weighted by molar-refractivity contribution is 0.0600. The Morgan fingerprint density at radius 1 is 1.50 bits per heavy atom. The number of benzene rings is 1. The topological polar surface area (TPSA) is 78.3 Å². The zero-order valence-corrected chi connectivity index (χ0v) is 9.32. The lowest BCUT2D eigenvalue weighted by atomic mass is 9.98. The number of hydrogen-bond donors (Lipinski definition) is 2. The fraction of sp³-hybridized carbons (Fsp3) is 0.417. The van der Waals surface area contributed by atoms with Gasteiger partial charge in [-0.3, -0.25) is 0 Å². The van der Waals surface area contributed by atoms with Gasteiger partial charge in [0.1, 0.15) is 0 Å². The highest BCUT2D eigenvalue weighted by atomic mass is 16.5. The molecule has 0 aliphatic heterocycles. The Labute approximate surface area is 94.6 Å². The summed E-state index contributed by atoms with van der Waals surface area (Å²) in [7, 11) is 1.36. The van der Waals surface area contributed by atoms with Crippen LogP contribution in [0.25, 0.3) is 0 Å². The summed E-state index contributed by atoms with van der Waals surface area (Å²) >= 11 is 0. The highest BCUT2D eigenvalue weighted by Gasteiger charge is 2.39. The molecule has 4 heteroatoms. The molecule has 1 saturated carbocycles. The average molecular weight is 220 g/mol. The largest absolute Gasteiger partial charge is 0.465 e. The van der Waals surface area contributed by atoms with Gasteiger partial charge in [-0.05, 0) is 30.9 Å². The lowest BCUT2D eigenvalue weighted by Crippen LogP contribution is -2.26. The van der Waals surface area contributed by atoms with Gasteiger partial charge < -0.3 is 16.2 Å². The van der Waals surface area contributed by atoms with Crippen molar-refractivity contribution in [1.82, 2.24) is 0 Å². The second-order valence-corrected chi connectivity index (χ2v) is 4.41. The first-order chi connectivity index (χ1) is 7.56. The van der Waals surface area contributed by atoms with E-state index in [-0.39, 0.29) is 5.54 Å². The van der Waals surface area contributed by atoms with Crippen LogP contribution in [0.4, 0.5) is 5.69 Å². The molecular formula is C12H16N2O2. The van der Waals surface area contributed by atoms with Crippen molar-refractivity contribution in [3.05, 3.63) is 29.3 Å². The van der Waals surface area contributed by atoms with Crippen molar-refractivity contribution in [2.45, 2.75) is 24.8 Å². The molecule has 0 saturated heterocycles. The summed E-state index contributed by atoms with van der Waals surface area (Å²) in [6, 6.07) is 5.42. The molecule has 0 aromatic heterocycles. The van der Waals surface area contributed by atoms with Gasteiger partial charge in [0.15, 0.2) is 0 Å². The predicted molar refractivity (Wildman–Crippen MR) is 62.1 cm³/mol. The van der Waals surface area contributed by atoms with Gasteiger partial charge in [-0.25, -0.2) is 4.79 Å². The number of rotatable bonds is 3. The zero-order chi connectivity index (χ0) is 11.8. The van der Waals surface area contributed by atoms with E-state index in [4.69, 9.17) is 16.2 Å². The molecule has 0 bridgehead atoms. The molecule has 1 aromatic rings. The minimum Gasteiger partial charge on any atom is -0.465 e. The number of anilines is 1. The molecule has 0 spiro atoms. The molecule has 4 nitrogen and oxygen atoms in total. The number of methoxy groups -OCH3 is 1. The molecule has 1 aromatic carbocycles. The Bertz CT molecular complexity index is 425. The minimum atomic E-state index is -0.391. The molecule has 1 fully saturated rings. The van der Waals surface area contributed by atoms with E-state index in [1.165, 1.54) is 7.11 Å². The summed E-state index contributed by atoms with van der Waals surface area (Å²) in [5.74, 6) is -0.391. The van der Waals surface area contributed by atoms with Crippen LogP contribution in [-0.2, 0) is 11.2 Å². The molecule has 0 radical (unpaired) electrons. The van der Waals surface area contributed by atoms with E-state index in [9.17, 15) is 4.79 Å². The highest BCUT2D eigenvalue weighted by Crippen LogP contribution is 2.37. The van der Waals surface area contributed by atoms with Crippen molar-refractivity contribution < 1.29 is 9.53 Å². The molecule has 0 amide bonds. The summed E-state index contributed by atoms with van der Waals surface area (Å²) in [6.45, 7) is 0. The van der Waals surface area contributed by atoms with Crippen molar-refractivity contribution >= 4 is 11.7 Å². The lowest BCUT2D eigenvalue weighted by Gasteiger charge is -2.13. The molecular weight excluding hydrogens is 204 g/mol. The maximum Gasteiger partial charge on any atom is 0.340 e. The van der Waals surface area contributed by atoms with Crippen LogP contribution in [0, 0.1) is 0 Å². The number of nitrogen functional groups attached to an aromatic ring is 1. The van der Waals surface area contributed by atoms with Crippen LogP contribution in [0.3, 0.4) is 0 Å². The molecule has 86 valence electrons. The van der Waals surface area contributed by atoms with Gasteiger partial charge in [0.2, 0.25) is 0 Å². The Kier molecular flexibility index (Phi) is 2.59. The summed E-state index contributed by atoms with van der Waals surface area (Å²) < 4.78 is 4.73. The number of carbonyl (C=O) groups is 1. The summed E-state index contributed by atoms with van der Waals surface area (Å²) in [6.07, 6.45) is 2.69. The average Bonchev–Trinajstić information content (AvgIpc) is 2.95. The first-order valence-electron chi connectivity index (χ1n) is 5.30. The second kappa shape index (κ2) is 3.79. The summed E-state index contributed by atoms with van der Waals surface area (Å²) in [5.41, 5.74) is 13.5. The van der Waals surface area contributed by atoms with Crippen LogP contribution in [0.1, 0.15) is 28.8 Å². The van der Waals surface area contributed by atoms with Gasteiger partial charge in [-0.2, -0.15) is 0 Å². The van der Waals surface area contributed by atoms with Crippen LogP contribution < -0.4 is 11.5 Å². The SMILES string of the molecule is COC(=O)c1c(N)cccc1CC1(N)CC1. The van der Waals surface area contributed by atoms with Crippen LogP contribution in [0.2, 0.25) is 0 Å². The molecule has 0 atom stereocenters. The summed E-state index contributed by atoms with van der Waals surface area (Å²) in [4.78, 5) is 11.6. The maximum absolute atomic E-state index is 11.6. The van der Waals surface area contributed by atoms with E-state index in [0.29, 0.717) is 17.7 Å². The number of hydrogen-bond acceptors (Lipinski definition) is 4. The van der Waals surface area contributed by atoms with E-state index in [2.05, 4.69) is 0 Å². The molecule has 4 N–H and O–H groups in total. The van der Waals surface area contributed by atoms with E-state index in [1.54, 1.807) is 6.07 Å². The maximum atomic E-state index is 11.6. The molecule has 2 rings (SSSR count). The molecule has 0 heterocycles. The number of esters is 1. The van der Waals surface area contributed by atoms with Gasteiger partial charge in [0.05, 0.1) is 12.7 Å². The third kappa shape index (κ3) is 2.02. The van der Waals surface area contributed by atoms with Gasteiger partial charge in [-0.15, -0.1) is 0 Å². The minimum absolute atomic E-state index is 0.142. The van der Waals surface area contributed by atoms with Crippen molar-refractivity contribution in [2.24, 2.45) is 5.73 Å². The first kappa shape index (κ1) is 11.0. The van der Waals surface area contributed by atoms with Gasteiger partial charge in [-0.1, -0.05) is 12.1 Å². The van der Waals surface area contributed by atoms with Gasteiger partial charge in [0.25, 0.3) is 0 Å². The Balaban J connectivity index is 2.35. The second-order valence-electron chi connectivity index (χ2n) is 4.41. The van der Waals surface area contributed by atoms with E-state index < -0.39 is 5.97 Å². The number of nitrogens with two attached hydrogens (primary N) is 2. The standard InChI is InChI=1S/C12H16N2O2/c1-16-11(15)10-8(3-2-4-9(10)13)7-12(14)5-6-12/h2-4H,5-7,13-14H2,1H3. The normalized spacial score (nSPS) is 16.9. The van der Waals surface area contributed by atoms with E-state index in [0.717, 1.165) is 18.4 Å². The molecule has 1 aliphatic carbocycles. The fourth-order valence-electron chi connectivity index (χ4n) is 1.83. The quantitative estimate of drug-likeness (QED) is 0.590. The summed E-state index contributed by atoms with van der Waals surface area (Å²) in [5, 5.41) is 0. The fourth-order valence-corrected chi connectivity index (χ4v) is 1.83. The van der Waals surface area contributed by atoms with Crippen molar-refractivity contribution in [2.75, 3.05) is 12.8 Å². The predicted octanol–water partition coefficient (Wildman–Crippen LogP) is 1.09. The highest BCUT2D eigenvalue weighted by molar-refractivity contribution is 5.96. The smallest absolute Gasteiger partial charge is 0.340 e. The number of carbonyl (C=O) groups excluding carboxylic acids is 1. The van der Waals surface area contributed by atoms with E-state index >= 15 is 0 Å². The Morgan fingerprint density at radius 2 is 2.19 bits per heavy atom. The molecule has 1 aliphatic rings. The zero-order valence-electron chi connectivity index (χ0n) is 9.32. The monoisotopic (exact) mass is 220 g/mol. The van der Waals surface area contributed by atoms with Crippen LogP contribution >= 0.6 is 0 Å². The van der Waals surface area contributed by atoms with Crippen molar-refractivity contribution in [3.8, 4) is 0 Å². The third-order valence-corrected chi connectivity index (χ3v) is 3.01. The van der Waals surface area contributed by atoms with Gasteiger partial charge >= 0.3 is 5.97 Å². The van der Waals surface area contributed by atoms with Crippen LogP contribution in [-0.4, -0.2) is 18.6 Å². The molecule has 16 heavy (non-hydrogen) atoms. The Hall–Kier alpha value is -1.55. The number of ether oxygens (including phenoxy) is 1. The first-order valence-corrected chi connectivity index (χ1v) is 5.30. The van der Waals surface area contributed by atoms with Crippen molar-refractivity contribution in [1.29, 1.82) is 0 Å².